The second kappa shape index (κ2) is 5.47. The van der Waals surface area contributed by atoms with Crippen molar-refractivity contribution >= 4 is 0 Å². The zero-order valence-corrected chi connectivity index (χ0v) is 10.6. The molecular formula is C15H16N2O2. The summed E-state index contributed by atoms with van der Waals surface area (Å²) in [5, 5.41) is 10.2. The first-order valence-electron chi connectivity index (χ1n) is 6.49. The van der Waals surface area contributed by atoms with Crippen LogP contribution >= 0.6 is 0 Å². The summed E-state index contributed by atoms with van der Waals surface area (Å²) in [5.74, 6) is 0.453. The normalized spacial score (nSPS) is 19.7. The summed E-state index contributed by atoms with van der Waals surface area (Å²) in [6.45, 7) is 0.698. The van der Waals surface area contributed by atoms with Gasteiger partial charge in [0.25, 0.3) is 0 Å². The van der Waals surface area contributed by atoms with Gasteiger partial charge in [0.2, 0.25) is 0 Å². The molecule has 0 radical (unpaired) electrons. The number of aliphatic hydroxyl groups is 1. The second-order valence-corrected chi connectivity index (χ2v) is 4.67. The lowest BCUT2D eigenvalue weighted by molar-refractivity contribution is 0.00174. The smallest absolute Gasteiger partial charge is 0.156 e. The summed E-state index contributed by atoms with van der Waals surface area (Å²) in [6.07, 6.45) is 3.93. The molecule has 1 aromatic heterocycles. The fourth-order valence-electron chi connectivity index (χ4n) is 2.46. The topological polar surface area (TPSA) is 55.2 Å². The molecule has 1 aromatic carbocycles. The van der Waals surface area contributed by atoms with Gasteiger partial charge in [-0.15, -0.1) is 0 Å². The van der Waals surface area contributed by atoms with E-state index in [0.29, 0.717) is 18.9 Å². The molecule has 2 aromatic rings. The minimum atomic E-state index is -0.697. The lowest BCUT2D eigenvalue weighted by atomic mass is 9.94. The fraction of sp³-hybridized carbons (Fsp3) is 0.333. The van der Waals surface area contributed by atoms with Crippen molar-refractivity contribution in [1.29, 1.82) is 0 Å². The van der Waals surface area contributed by atoms with Crippen LogP contribution in [0.3, 0.4) is 0 Å². The maximum absolute atomic E-state index is 10.2. The molecule has 4 nitrogen and oxygen atoms in total. The molecule has 0 amide bonds. The van der Waals surface area contributed by atoms with Gasteiger partial charge in [-0.2, -0.15) is 0 Å². The van der Waals surface area contributed by atoms with Crippen LogP contribution in [0.1, 0.15) is 35.6 Å². The van der Waals surface area contributed by atoms with Gasteiger partial charge in [-0.05, 0) is 23.6 Å². The zero-order chi connectivity index (χ0) is 13.1. The standard InChI is InChI=1S/C15H16N2O2/c18-13(15-16-7-3-8-17-15)10-14-12-5-2-1-4-11(12)6-9-19-14/h1-5,7-8,13-14,18H,6,9-10H2. The maximum Gasteiger partial charge on any atom is 0.156 e. The second-order valence-electron chi connectivity index (χ2n) is 4.67. The Labute approximate surface area is 112 Å². The number of fused-ring (bicyclic) bond motifs is 1. The molecular weight excluding hydrogens is 240 g/mol. The van der Waals surface area contributed by atoms with Crippen molar-refractivity contribution < 1.29 is 9.84 Å². The van der Waals surface area contributed by atoms with Gasteiger partial charge in [0.1, 0.15) is 6.10 Å². The van der Waals surface area contributed by atoms with Crippen LogP contribution in [0.4, 0.5) is 0 Å². The van der Waals surface area contributed by atoms with Crippen molar-refractivity contribution in [2.75, 3.05) is 6.61 Å². The van der Waals surface area contributed by atoms with Crippen LogP contribution in [0.5, 0.6) is 0 Å². The largest absolute Gasteiger partial charge is 0.385 e. The van der Waals surface area contributed by atoms with Crippen LogP contribution in [0, 0.1) is 0 Å². The van der Waals surface area contributed by atoms with Gasteiger partial charge in [0.15, 0.2) is 5.82 Å². The van der Waals surface area contributed by atoms with Crippen LogP contribution in [0.25, 0.3) is 0 Å². The SMILES string of the molecule is OC(CC1OCCc2ccccc21)c1ncccn1. The molecule has 1 aliphatic heterocycles. The Kier molecular flexibility index (Phi) is 3.53. The Morgan fingerprint density at radius 1 is 1.21 bits per heavy atom. The van der Waals surface area contributed by atoms with E-state index in [9.17, 15) is 5.11 Å². The van der Waals surface area contributed by atoms with E-state index in [1.54, 1.807) is 18.5 Å². The molecule has 2 unspecified atom stereocenters. The molecule has 0 saturated heterocycles. The van der Waals surface area contributed by atoms with Gasteiger partial charge in [-0.1, -0.05) is 24.3 Å². The minimum Gasteiger partial charge on any atom is -0.385 e. The van der Waals surface area contributed by atoms with Gasteiger partial charge in [-0.3, -0.25) is 0 Å². The number of aromatic nitrogens is 2. The summed E-state index contributed by atoms with van der Waals surface area (Å²) in [6, 6.07) is 9.97. The van der Waals surface area contributed by atoms with Crippen molar-refractivity contribution in [2.24, 2.45) is 0 Å². The summed E-state index contributed by atoms with van der Waals surface area (Å²) in [5.41, 5.74) is 2.48. The molecule has 0 saturated carbocycles. The number of aliphatic hydroxyl groups excluding tert-OH is 1. The minimum absolute atomic E-state index is 0.0799. The quantitative estimate of drug-likeness (QED) is 0.914. The first-order valence-corrected chi connectivity index (χ1v) is 6.49. The molecule has 0 fully saturated rings. The summed E-state index contributed by atoms with van der Waals surface area (Å²) < 4.78 is 5.78. The van der Waals surface area contributed by atoms with Crippen molar-refractivity contribution in [3.8, 4) is 0 Å². The van der Waals surface area contributed by atoms with E-state index in [0.717, 1.165) is 6.42 Å². The predicted octanol–water partition coefficient (Wildman–Crippen LogP) is 2.21. The average Bonchev–Trinajstić information content (AvgIpc) is 2.48. The molecule has 4 heteroatoms. The van der Waals surface area contributed by atoms with Crippen LogP contribution in [-0.4, -0.2) is 21.7 Å². The number of benzene rings is 1. The molecule has 1 N–H and O–H groups in total. The van der Waals surface area contributed by atoms with Crippen LogP contribution in [0.2, 0.25) is 0 Å². The number of rotatable bonds is 3. The van der Waals surface area contributed by atoms with Gasteiger partial charge in [0.05, 0.1) is 12.7 Å². The molecule has 98 valence electrons. The first kappa shape index (κ1) is 12.3. The Balaban J connectivity index is 1.78. The average molecular weight is 256 g/mol. The zero-order valence-electron chi connectivity index (χ0n) is 10.6. The van der Waals surface area contributed by atoms with Gasteiger partial charge < -0.3 is 9.84 Å². The highest BCUT2D eigenvalue weighted by Gasteiger charge is 2.24. The summed E-state index contributed by atoms with van der Waals surface area (Å²) >= 11 is 0. The number of ether oxygens (including phenoxy) is 1. The van der Waals surface area contributed by atoms with Gasteiger partial charge >= 0.3 is 0 Å². The van der Waals surface area contributed by atoms with Gasteiger partial charge in [0, 0.05) is 18.8 Å². The monoisotopic (exact) mass is 256 g/mol. The third-order valence-electron chi connectivity index (χ3n) is 3.41. The highest BCUT2D eigenvalue weighted by Crippen LogP contribution is 2.33. The van der Waals surface area contributed by atoms with E-state index in [4.69, 9.17) is 4.74 Å². The molecule has 2 atom stereocenters. The Morgan fingerprint density at radius 3 is 2.84 bits per heavy atom. The first-order chi connectivity index (χ1) is 9.34. The number of hydrogen-bond donors (Lipinski definition) is 1. The maximum atomic E-state index is 10.2. The van der Waals surface area contributed by atoms with E-state index in [1.807, 2.05) is 12.1 Å². The van der Waals surface area contributed by atoms with Crippen LogP contribution in [0.15, 0.2) is 42.7 Å². The van der Waals surface area contributed by atoms with E-state index in [2.05, 4.69) is 22.1 Å². The van der Waals surface area contributed by atoms with Crippen molar-refractivity contribution in [3.63, 3.8) is 0 Å². The van der Waals surface area contributed by atoms with Crippen molar-refractivity contribution in [2.45, 2.75) is 25.0 Å². The molecule has 1 aliphatic rings. The van der Waals surface area contributed by atoms with Crippen molar-refractivity contribution in [1.82, 2.24) is 9.97 Å². The van der Waals surface area contributed by atoms with E-state index in [-0.39, 0.29) is 6.10 Å². The van der Waals surface area contributed by atoms with E-state index in [1.165, 1.54) is 11.1 Å². The highest BCUT2D eigenvalue weighted by atomic mass is 16.5. The Bertz CT molecular complexity index is 545. The van der Waals surface area contributed by atoms with Crippen LogP contribution in [-0.2, 0) is 11.2 Å². The van der Waals surface area contributed by atoms with E-state index < -0.39 is 6.10 Å². The summed E-state index contributed by atoms with van der Waals surface area (Å²) in [4.78, 5) is 8.17. The molecule has 0 bridgehead atoms. The lowest BCUT2D eigenvalue weighted by Gasteiger charge is -2.27. The lowest BCUT2D eigenvalue weighted by Crippen LogP contribution is -2.19. The predicted molar refractivity (Wildman–Crippen MR) is 70.4 cm³/mol. The fourth-order valence-corrected chi connectivity index (χ4v) is 2.46. The summed E-state index contributed by atoms with van der Waals surface area (Å²) in [7, 11) is 0. The Morgan fingerprint density at radius 2 is 2.00 bits per heavy atom. The highest BCUT2D eigenvalue weighted by molar-refractivity contribution is 5.31. The van der Waals surface area contributed by atoms with Gasteiger partial charge in [-0.25, -0.2) is 9.97 Å². The molecule has 3 rings (SSSR count). The molecule has 19 heavy (non-hydrogen) atoms. The Hall–Kier alpha value is -1.78. The molecule has 0 spiro atoms. The molecule has 0 aliphatic carbocycles. The third kappa shape index (κ3) is 2.64. The number of nitrogens with zero attached hydrogens (tertiary/aromatic N) is 2. The number of hydrogen-bond acceptors (Lipinski definition) is 4. The molecule has 2 heterocycles. The third-order valence-corrected chi connectivity index (χ3v) is 3.41. The van der Waals surface area contributed by atoms with E-state index >= 15 is 0 Å². The van der Waals surface area contributed by atoms with Crippen LogP contribution < -0.4 is 0 Å². The van der Waals surface area contributed by atoms with Crippen molar-refractivity contribution in [3.05, 3.63) is 59.7 Å².